The monoisotopic (exact) mass is 386 g/mol. The smallest absolute Gasteiger partial charge is 0.458 e. The Hall–Kier alpha value is -2.18. The van der Waals surface area contributed by atoms with Crippen LogP contribution in [0.4, 0.5) is 39.5 Å². The third kappa shape index (κ3) is 4.90. The number of benzene rings is 1. The minimum Gasteiger partial charge on any atom is -0.458 e. The molecule has 142 valence electrons. The lowest BCUT2D eigenvalue weighted by molar-refractivity contribution is -0.357. The highest BCUT2D eigenvalue weighted by Crippen LogP contribution is 2.43. The summed E-state index contributed by atoms with van der Waals surface area (Å²) in [6, 6.07) is 2.98. The maximum atomic E-state index is 12.4. The van der Waals surface area contributed by atoms with Crippen LogP contribution in [0.5, 0.6) is 5.75 Å². The van der Waals surface area contributed by atoms with Gasteiger partial charge in [-0.15, -0.1) is 13.2 Å². The van der Waals surface area contributed by atoms with Gasteiger partial charge >= 0.3 is 30.3 Å². The average molecular weight is 386 g/mol. The standard InChI is InChI=1S/C12H7F9O4/c13-10(14,15)9(23,11(16,17)18)8(22)24-5-6-1-3-7(4-2-6)25-12(19,20)21/h1-4,23H,5H2. The molecule has 0 heterocycles. The van der Waals surface area contributed by atoms with Gasteiger partial charge in [-0.25, -0.2) is 4.79 Å². The first kappa shape index (κ1) is 20.9. The zero-order valence-electron chi connectivity index (χ0n) is 11.6. The van der Waals surface area contributed by atoms with E-state index < -0.39 is 42.6 Å². The molecule has 0 unspecified atom stereocenters. The third-order valence-corrected chi connectivity index (χ3v) is 2.64. The maximum Gasteiger partial charge on any atom is 0.573 e. The van der Waals surface area contributed by atoms with Crippen LogP contribution in [0.1, 0.15) is 5.56 Å². The fourth-order valence-electron chi connectivity index (χ4n) is 1.43. The van der Waals surface area contributed by atoms with Crippen molar-refractivity contribution < 1.29 is 58.9 Å². The molecule has 0 bridgehead atoms. The minimum atomic E-state index is -6.40. The summed E-state index contributed by atoms with van der Waals surface area (Å²) in [6.07, 6.45) is -17.8. The van der Waals surface area contributed by atoms with Crippen LogP contribution in [-0.2, 0) is 16.1 Å². The Bertz CT molecular complexity index is 587. The van der Waals surface area contributed by atoms with Gasteiger partial charge in [0.05, 0.1) is 0 Å². The van der Waals surface area contributed by atoms with Crippen LogP contribution in [0, 0.1) is 0 Å². The molecular weight excluding hydrogens is 379 g/mol. The predicted octanol–water partition coefficient (Wildman–Crippen LogP) is 3.48. The molecule has 0 saturated heterocycles. The highest BCUT2D eigenvalue weighted by molar-refractivity contribution is 5.81. The van der Waals surface area contributed by atoms with Crippen molar-refractivity contribution in [2.45, 2.75) is 30.9 Å². The van der Waals surface area contributed by atoms with Gasteiger partial charge in [0.2, 0.25) is 0 Å². The van der Waals surface area contributed by atoms with Gasteiger partial charge in [-0.05, 0) is 17.7 Å². The van der Waals surface area contributed by atoms with Crippen molar-refractivity contribution in [3.63, 3.8) is 0 Å². The van der Waals surface area contributed by atoms with Gasteiger partial charge < -0.3 is 14.6 Å². The van der Waals surface area contributed by atoms with Gasteiger partial charge in [0.15, 0.2) is 0 Å². The Morgan fingerprint density at radius 3 is 1.68 bits per heavy atom. The molecule has 0 spiro atoms. The molecule has 1 aromatic carbocycles. The number of rotatable bonds is 4. The van der Waals surface area contributed by atoms with Crippen molar-refractivity contribution in [3.05, 3.63) is 29.8 Å². The summed E-state index contributed by atoms with van der Waals surface area (Å²) in [5.74, 6) is -3.74. The van der Waals surface area contributed by atoms with E-state index in [1.807, 2.05) is 0 Å². The second kappa shape index (κ2) is 6.61. The Morgan fingerprint density at radius 1 is 0.880 bits per heavy atom. The molecule has 25 heavy (non-hydrogen) atoms. The number of halogens is 9. The first-order chi connectivity index (χ1) is 11.1. The third-order valence-electron chi connectivity index (χ3n) is 2.64. The molecule has 1 rings (SSSR count). The van der Waals surface area contributed by atoms with E-state index in [0.29, 0.717) is 12.1 Å². The highest BCUT2D eigenvalue weighted by Gasteiger charge is 2.76. The number of hydrogen-bond donors (Lipinski definition) is 1. The molecule has 0 aliphatic rings. The van der Waals surface area contributed by atoms with Crippen LogP contribution in [-0.4, -0.2) is 35.4 Å². The summed E-state index contributed by atoms with van der Waals surface area (Å²) in [5, 5.41) is 8.73. The van der Waals surface area contributed by atoms with Crippen LogP contribution >= 0.6 is 0 Å². The molecule has 4 nitrogen and oxygen atoms in total. The number of hydrogen-bond acceptors (Lipinski definition) is 4. The second-order valence-electron chi connectivity index (χ2n) is 4.47. The van der Waals surface area contributed by atoms with E-state index in [1.165, 1.54) is 0 Å². The molecule has 13 heteroatoms. The summed E-state index contributed by atoms with van der Waals surface area (Å²) in [7, 11) is 0. The van der Waals surface area contributed by atoms with Crippen LogP contribution in [0.3, 0.4) is 0 Å². The van der Waals surface area contributed by atoms with Gasteiger partial charge in [0.25, 0.3) is 0 Å². The van der Waals surface area contributed by atoms with Gasteiger partial charge in [-0.3, -0.25) is 0 Å². The molecule has 0 radical (unpaired) electrons. The van der Waals surface area contributed by atoms with Crippen molar-refractivity contribution in [1.82, 2.24) is 0 Å². The number of ether oxygens (including phenoxy) is 2. The zero-order valence-corrected chi connectivity index (χ0v) is 11.6. The van der Waals surface area contributed by atoms with E-state index >= 15 is 0 Å². The maximum absolute atomic E-state index is 12.4. The zero-order chi connectivity index (χ0) is 19.7. The van der Waals surface area contributed by atoms with E-state index in [-0.39, 0.29) is 5.56 Å². The summed E-state index contributed by atoms with van der Waals surface area (Å²) >= 11 is 0. The topological polar surface area (TPSA) is 55.8 Å². The van der Waals surface area contributed by atoms with E-state index in [4.69, 9.17) is 5.11 Å². The van der Waals surface area contributed by atoms with E-state index in [1.54, 1.807) is 0 Å². The molecule has 0 aliphatic heterocycles. The predicted molar refractivity (Wildman–Crippen MR) is 60.0 cm³/mol. The molecule has 0 aromatic heterocycles. The van der Waals surface area contributed by atoms with Crippen LogP contribution in [0.15, 0.2) is 24.3 Å². The number of carbonyl (C=O) groups excluding carboxylic acids is 1. The number of alkyl halides is 9. The number of carbonyl (C=O) groups is 1. The summed E-state index contributed by atoms with van der Waals surface area (Å²) in [5.41, 5.74) is -5.99. The van der Waals surface area contributed by atoms with Crippen molar-refractivity contribution in [3.8, 4) is 5.75 Å². The number of aliphatic hydroxyl groups is 1. The van der Waals surface area contributed by atoms with Crippen molar-refractivity contribution in [2.24, 2.45) is 0 Å². The van der Waals surface area contributed by atoms with E-state index in [2.05, 4.69) is 9.47 Å². The van der Waals surface area contributed by atoms with E-state index in [9.17, 15) is 44.3 Å². The van der Waals surface area contributed by atoms with Crippen molar-refractivity contribution in [1.29, 1.82) is 0 Å². The first-order valence-electron chi connectivity index (χ1n) is 5.95. The van der Waals surface area contributed by atoms with Gasteiger partial charge in [0.1, 0.15) is 12.4 Å². The molecule has 0 aliphatic carbocycles. The molecule has 0 atom stereocenters. The second-order valence-corrected chi connectivity index (χ2v) is 4.47. The highest BCUT2D eigenvalue weighted by atomic mass is 19.4. The number of esters is 1. The average Bonchev–Trinajstić information content (AvgIpc) is 2.41. The van der Waals surface area contributed by atoms with E-state index in [0.717, 1.165) is 12.1 Å². The Kier molecular flexibility index (Phi) is 5.52. The van der Waals surface area contributed by atoms with Crippen LogP contribution < -0.4 is 4.74 Å². The largest absolute Gasteiger partial charge is 0.573 e. The van der Waals surface area contributed by atoms with Gasteiger partial charge in [-0.1, -0.05) is 12.1 Å². The quantitative estimate of drug-likeness (QED) is 0.636. The Balaban J connectivity index is 2.85. The van der Waals surface area contributed by atoms with Crippen LogP contribution in [0.2, 0.25) is 0 Å². The van der Waals surface area contributed by atoms with Crippen LogP contribution in [0.25, 0.3) is 0 Å². The fourth-order valence-corrected chi connectivity index (χ4v) is 1.43. The Morgan fingerprint density at radius 2 is 1.32 bits per heavy atom. The Labute approximate surface area is 132 Å². The lowest BCUT2D eigenvalue weighted by Crippen LogP contribution is -2.62. The summed E-state index contributed by atoms with van der Waals surface area (Å²) in [6.45, 7) is -1.17. The first-order valence-corrected chi connectivity index (χ1v) is 5.95. The molecule has 0 saturated carbocycles. The van der Waals surface area contributed by atoms with Gasteiger partial charge in [-0.2, -0.15) is 26.3 Å². The lowest BCUT2D eigenvalue weighted by atomic mass is 10.0. The summed E-state index contributed by atoms with van der Waals surface area (Å²) in [4.78, 5) is 11.1. The van der Waals surface area contributed by atoms with Crippen molar-refractivity contribution >= 4 is 5.97 Å². The van der Waals surface area contributed by atoms with Crippen molar-refractivity contribution in [2.75, 3.05) is 0 Å². The minimum absolute atomic E-state index is 0.255. The van der Waals surface area contributed by atoms with Gasteiger partial charge in [0, 0.05) is 0 Å². The molecule has 0 amide bonds. The molecular formula is C12H7F9O4. The molecule has 0 fully saturated rings. The fraction of sp³-hybridized carbons (Fsp3) is 0.417. The normalized spacial score (nSPS) is 13.5. The molecule has 1 aromatic rings. The lowest BCUT2D eigenvalue weighted by Gasteiger charge is -2.29. The molecule has 1 N–H and O–H groups in total. The summed E-state index contributed by atoms with van der Waals surface area (Å²) < 4.78 is 117. The SMILES string of the molecule is O=C(OCc1ccc(OC(F)(F)F)cc1)C(O)(C(F)(F)F)C(F)(F)F.